The van der Waals surface area contributed by atoms with Gasteiger partial charge in [-0.15, -0.1) is 0 Å². The predicted molar refractivity (Wildman–Crippen MR) is 117 cm³/mol. The third kappa shape index (κ3) is 5.08. The number of nitriles is 1. The number of rotatable bonds is 8. The van der Waals surface area contributed by atoms with E-state index < -0.39 is 0 Å². The number of nitrogens with zero attached hydrogens (tertiary/aromatic N) is 4. The molecule has 0 radical (unpaired) electrons. The zero-order chi connectivity index (χ0) is 21.7. The average molecular weight is 418 g/mol. The van der Waals surface area contributed by atoms with Gasteiger partial charge in [0.15, 0.2) is 0 Å². The van der Waals surface area contributed by atoms with Crippen LogP contribution in [0.1, 0.15) is 64.7 Å². The van der Waals surface area contributed by atoms with Gasteiger partial charge < -0.3 is 20.0 Å². The van der Waals surface area contributed by atoms with E-state index in [9.17, 15) is 14.9 Å². The minimum Gasteiger partial charge on any atom is -0.331 e. The highest BCUT2D eigenvalue weighted by molar-refractivity contribution is 5.79. The summed E-state index contributed by atoms with van der Waals surface area (Å²) in [4.78, 5) is 30.6. The molecule has 7 nitrogen and oxygen atoms in total. The number of carbonyl (C=O) groups is 2. The van der Waals surface area contributed by atoms with Gasteiger partial charge in [-0.2, -0.15) is 5.26 Å². The third-order valence-electron chi connectivity index (χ3n) is 7.38. The predicted octanol–water partition coefficient (Wildman–Crippen LogP) is 2.82. The molecule has 0 spiro atoms. The Hall–Kier alpha value is -1.81. The second-order valence-corrected chi connectivity index (χ2v) is 9.83. The molecule has 3 aliphatic rings. The number of nitrogens with one attached hydrogen (secondary N) is 1. The Balaban J connectivity index is 1.60. The van der Waals surface area contributed by atoms with Crippen LogP contribution in [0, 0.1) is 23.2 Å². The number of carbonyl (C=O) groups excluding carboxylic acids is 2. The first-order chi connectivity index (χ1) is 14.4. The van der Waals surface area contributed by atoms with Crippen LogP contribution in [0.2, 0.25) is 0 Å². The molecule has 1 aliphatic carbocycles. The second-order valence-electron chi connectivity index (χ2n) is 9.83. The highest BCUT2D eigenvalue weighted by Crippen LogP contribution is 2.46. The number of likely N-dealkylation sites (tertiary alicyclic amines) is 2. The van der Waals surface area contributed by atoms with Crippen molar-refractivity contribution in [3.8, 4) is 6.07 Å². The molecule has 0 aromatic carbocycles. The van der Waals surface area contributed by atoms with Crippen LogP contribution in [-0.4, -0.2) is 78.5 Å². The van der Waals surface area contributed by atoms with Gasteiger partial charge in [0.25, 0.3) is 0 Å². The van der Waals surface area contributed by atoms with Gasteiger partial charge in [-0.3, -0.25) is 4.79 Å². The fraction of sp³-hybridized carbons (Fsp3) is 0.870. The molecule has 0 aromatic heterocycles. The standard InChI is InChI=1S/C23H39N5O2/c1-4-5-6-7-10-23(25-15-21(29)28-11-8-9-20(28)14-24)12-18-16-27(17-19(18)13-23)22(30)26(2)3/h18-20,25H,4-13,15-17H2,1-3H3/t18-,19+,20-,23?/m0/s1. The molecule has 30 heavy (non-hydrogen) atoms. The van der Waals surface area contributed by atoms with Crippen LogP contribution in [0.15, 0.2) is 0 Å². The van der Waals surface area contributed by atoms with E-state index in [0.717, 1.165) is 45.2 Å². The number of hydrogen-bond acceptors (Lipinski definition) is 4. The van der Waals surface area contributed by atoms with Crippen molar-refractivity contribution in [3.05, 3.63) is 0 Å². The summed E-state index contributed by atoms with van der Waals surface area (Å²) in [6, 6.07) is 2.13. The van der Waals surface area contributed by atoms with Crippen LogP contribution in [0.5, 0.6) is 0 Å². The topological polar surface area (TPSA) is 79.7 Å². The lowest BCUT2D eigenvalue weighted by molar-refractivity contribution is -0.130. The second kappa shape index (κ2) is 10.00. The first kappa shape index (κ1) is 22.9. The zero-order valence-corrected chi connectivity index (χ0v) is 19.0. The lowest BCUT2D eigenvalue weighted by atomic mass is 9.88. The fourth-order valence-electron chi connectivity index (χ4n) is 5.82. The van der Waals surface area contributed by atoms with Crippen LogP contribution in [0.4, 0.5) is 4.79 Å². The van der Waals surface area contributed by atoms with Crippen molar-refractivity contribution in [3.63, 3.8) is 0 Å². The van der Waals surface area contributed by atoms with Crippen molar-refractivity contribution in [1.82, 2.24) is 20.0 Å². The van der Waals surface area contributed by atoms with Gasteiger partial charge in [-0.1, -0.05) is 32.6 Å². The van der Waals surface area contributed by atoms with Crippen LogP contribution < -0.4 is 5.32 Å². The highest BCUT2D eigenvalue weighted by Gasteiger charge is 2.49. The summed E-state index contributed by atoms with van der Waals surface area (Å²) in [5.74, 6) is 1.09. The van der Waals surface area contributed by atoms with Crippen LogP contribution in [-0.2, 0) is 4.79 Å². The Morgan fingerprint density at radius 1 is 1.17 bits per heavy atom. The quantitative estimate of drug-likeness (QED) is 0.616. The average Bonchev–Trinajstić information content (AvgIpc) is 3.42. The molecule has 1 saturated carbocycles. The van der Waals surface area contributed by atoms with Crippen molar-refractivity contribution >= 4 is 11.9 Å². The van der Waals surface area contributed by atoms with E-state index in [-0.39, 0.29) is 23.5 Å². The largest absolute Gasteiger partial charge is 0.331 e. The smallest absolute Gasteiger partial charge is 0.319 e. The number of urea groups is 1. The van der Waals surface area contributed by atoms with Crippen LogP contribution >= 0.6 is 0 Å². The molecule has 1 unspecified atom stereocenters. The van der Waals surface area contributed by atoms with E-state index in [1.807, 2.05) is 19.0 Å². The Labute approximate surface area is 181 Å². The molecule has 3 rings (SSSR count). The molecule has 168 valence electrons. The normalized spacial score (nSPS) is 30.4. The van der Waals surface area contributed by atoms with Crippen LogP contribution in [0.25, 0.3) is 0 Å². The van der Waals surface area contributed by atoms with Gasteiger partial charge in [-0.25, -0.2) is 4.79 Å². The summed E-state index contributed by atoms with van der Waals surface area (Å²) < 4.78 is 0. The molecule has 1 N–H and O–H groups in total. The van der Waals surface area contributed by atoms with Crippen molar-refractivity contribution in [2.24, 2.45) is 11.8 Å². The van der Waals surface area contributed by atoms with Gasteiger partial charge in [0.05, 0.1) is 12.6 Å². The molecular weight excluding hydrogens is 378 g/mol. The van der Waals surface area contributed by atoms with Gasteiger partial charge in [0, 0.05) is 39.3 Å². The molecule has 3 fully saturated rings. The van der Waals surface area contributed by atoms with Gasteiger partial charge in [-0.05, 0) is 43.9 Å². The summed E-state index contributed by atoms with van der Waals surface area (Å²) in [5, 5.41) is 13.0. The van der Waals surface area contributed by atoms with E-state index in [1.54, 1.807) is 9.80 Å². The summed E-state index contributed by atoms with van der Waals surface area (Å²) in [5.41, 5.74) is -0.00610. The molecule has 2 aliphatic heterocycles. The zero-order valence-electron chi connectivity index (χ0n) is 19.0. The number of hydrogen-bond donors (Lipinski definition) is 1. The highest BCUT2D eigenvalue weighted by atomic mass is 16.2. The SMILES string of the molecule is CCCCCCC1(NCC(=O)N2CCC[C@H]2C#N)C[C@H]2CN(C(=O)N(C)C)C[C@H]2C1. The van der Waals surface area contributed by atoms with Crippen molar-refractivity contribution in [1.29, 1.82) is 5.26 Å². The lowest BCUT2D eigenvalue weighted by Gasteiger charge is -2.34. The molecule has 3 amide bonds. The maximum absolute atomic E-state index is 12.8. The first-order valence-electron chi connectivity index (χ1n) is 11.8. The molecule has 4 atom stereocenters. The van der Waals surface area contributed by atoms with Crippen molar-refractivity contribution < 1.29 is 9.59 Å². The first-order valence-corrected chi connectivity index (χ1v) is 11.8. The van der Waals surface area contributed by atoms with E-state index in [0.29, 0.717) is 24.9 Å². The van der Waals surface area contributed by atoms with E-state index >= 15 is 0 Å². The number of fused-ring (bicyclic) bond motifs is 1. The fourth-order valence-corrected chi connectivity index (χ4v) is 5.82. The Kier molecular flexibility index (Phi) is 7.62. The summed E-state index contributed by atoms with van der Waals surface area (Å²) in [6.07, 6.45) is 9.77. The van der Waals surface area contributed by atoms with E-state index in [1.165, 1.54) is 25.7 Å². The van der Waals surface area contributed by atoms with E-state index in [2.05, 4.69) is 18.3 Å². The number of amides is 3. The van der Waals surface area contributed by atoms with Gasteiger partial charge in [0.1, 0.15) is 6.04 Å². The Morgan fingerprint density at radius 2 is 1.87 bits per heavy atom. The molecule has 2 saturated heterocycles. The van der Waals surface area contributed by atoms with Crippen molar-refractivity contribution in [2.75, 3.05) is 40.3 Å². The summed E-state index contributed by atoms with van der Waals surface area (Å²) >= 11 is 0. The molecular formula is C23H39N5O2. The van der Waals surface area contributed by atoms with E-state index in [4.69, 9.17) is 0 Å². The minimum absolute atomic E-state index is 0.00610. The number of unbranched alkanes of at least 4 members (excludes halogenated alkanes) is 3. The maximum Gasteiger partial charge on any atom is 0.319 e. The van der Waals surface area contributed by atoms with Gasteiger partial charge >= 0.3 is 6.03 Å². The van der Waals surface area contributed by atoms with Crippen molar-refractivity contribution in [2.45, 2.75) is 76.3 Å². The molecule has 2 heterocycles. The summed E-state index contributed by atoms with van der Waals surface area (Å²) in [7, 11) is 3.63. The molecule has 7 heteroatoms. The molecule has 0 bridgehead atoms. The molecule has 0 aromatic rings. The third-order valence-corrected chi connectivity index (χ3v) is 7.38. The monoisotopic (exact) mass is 417 g/mol. The van der Waals surface area contributed by atoms with Crippen LogP contribution in [0.3, 0.4) is 0 Å². The van der Waals surface area contributed by atoms with Gasteiger partial charge in [0.2, 0.25) is 5.91 Å². The minimum atomic E-state index is -0.256. The summed E-state index contributed by atoms with van der Waals surface area (Å²) in [6.45, 7) is 4.92. The Morgan fingerprint density at radius 3 is 2.47 bits per heavy atom. The Bertz CT molecular complexity index is 644. The maximum atomic E-state index is 12.8. The lowest BCUT2D eigenvalue weighted by Crippen LogP contribution is -2.50.